The van der Waals surface area contributed by atoms with E-state index in [2.05, 4.69) is 48.6 Å². The highest BCUT2D eigenvalue weighted by Crippen LogP contribution is 2.27. The molecule has 1 unspecified atom stereocenters. The Morgan fingerprint density at radius 1 is 0.931 bits per heavy atom. The molecule has 0 radical (unpaired) electrons. The standard InChI is InChI=1S/C25H27NO2S/c1-19(29-24-14-12-23(27)13-15-24)11-16-25(28)26-18-22-10-6-5-9-21(22)17-20-7-3-2-4-8-20/h2-10,12-15,19,27H,11,16-18H2,1H3,(H,26,28). The minimum absolute atomic E-state index is 0.0812. The van der Waals surface area contributed by atoms with Gasteiger partial charge in [-0.1, -0.05) is 61.5 Å². The van der Waals surface area contributed by atoms with E-state index in [4.69, 9.17) is 0 Å². The maximum absolute atomic E-state index is 12.3. The Labute approximate surface area is 177 Å². The molecule has 3 rings (SSSR count). The Balaban J connectivity index is 1.46. The first-order valence-electron chi connectivity index (χ1n) is 9.93. The molecule has 0 saturated carbocycles. The van der Waals surface area contributed by atoms with Gasteiger partial charge >= 0.3 is 0 Å². The summed E-state index contributed by atoms with van der Waals surface area (Å²) in [5.74, 6) is 0.353. The zero-order chi connectivity index (χ0) is 20.5. The number of hydrogen-bond donors (Lipinski definition) is 2. The molecule has 29 heavy (non-hydrogen) atoms. The van der Waals surface area contributed by atoms with E-state index >= 15 is 0 Å². The smallest absolute Gasteiger partial charge is 0.220 e. The summed E-state index contributed by atoms with van der Waals surface area (Å²) >= 11 is 1.72. The molecule has 1 amide bonds. The first kappa shape index (κ1) is 21.0. The lowest BCUT2D eigenvalue weighted by molar-refractivity contribution is -0.121. The van der Waals surface area contributed by atoms with E-state index in [1.165, 1.54) is 11.1 Å². The van der Waals surface area contributed by atoms with Crippen LogP contribution < -0.4 is 5.32 Å². The van der Waals surface area contributed by atoms with Crippen molar-refractivity contribution in [3.8, 4) is 5.75 Å². The Kier molecular flexibility index (Phi) is 7.77. The van der Waals surface area contributed by atoms with Crippen LogP contribution in [0.3, 0.4) is 0 Å². The van der Waals surface area contributed by atoms with E-state index in [1.54, 1.807) is 23.9 Å². The summed E-state index contributed by atoms with van der Waals surface area (Å²) in [7, 11) is 0. The number of aromatic hydroxyl groups is 1. The molecule has 1 atom stereocenters. The maximum Gasteiger partial charge on any atom is 0.220 e. The van der Waals surface area contributed by atoms with E-state index < -0.39 is 0 Å². The minimum Gasteiger partial charge on any atom is -0.508 e. The monoisotopic (exact) mass is 405 g/mol. The SMILES string of the molecule is CC(CCC(=O)NCc1ccccc1Cc1ccccc1)Sc1ccc(O)cc1. The van der Waals surface area contributed by atoms with Crippen LogP contribution in [0, 0.1) is 0 Å². The number of amides is 1. The van der Waals surface area contributed by atoms with Crippen molar-refractivity contribution in [3.63, 3.8) is 0 Å². The van der Waals surface area contributed by atoms with E-state index in [9.17, 15) is 9.90 Å². The van der Waals surface area contributed by atoms with Gasteiger partial charge < -0.3 is 10.4 Å². The normalized spacial score (nSPS) is 11.8. The van der Waals surface area contributed by atoms with Gasteiger partial charge in [-0.15, -0.1) is 11.8 Å². The average molecular weight is 406 g/mol. The molecular weight excluding hydrogens is 378 g/mol. The average Bonchev–Trinajstić information content (AvgIpc) is 2.74. The highest BCUT2D eigenvalue weighted by Gasteiger charge is 2.10. The number of benzene rings is 3. The van der Waals surface area contributed by atoms with Crippen molar-refractivity contribution in [2.75, 3.05) is 0 Å². The van der Waals surface area contributed by atoms with Crippen LogP contribution in [0.2, 0.25) is 0 Å². The second kappa shape index (κ2) is 10.7. The van der Waals surface area contributed by atoms with Gasteiger partial charge in [0.1, 0.15) is 5.75 Å². The van der Waals surface area contributed by atoms with Gasteiger partial charge in [-0.2, -0.15) is 0 Å². The van der Waals surface area contributed by atoms with Crippen molar-refractivity contribution in [3.05, 3.63) is 95.6 Å². The molecule has 0 bridgehead atoms. The van der Waals surface area contributed by atoms with Gasteiger partial charge in [0, 0.05) is 23.1 Å². The van der Waals surface area contributed by atoms with Gasteiger partial charge in [-0.25, -0.2) is 0 Å². The van der Waals surface area contributed by atoms with E-state index in [1.807, 2.05) is 30.3 Å². The highest BCUT2D eigenvalue weighted by atomic mass is 32.2. The summed E-state index contributed by atoms with van der Waals surface area (Å²) in [5, 5.41) is 12.8. The first-order chi connectivity index (χ1) is 14.1. The summed E-state index contributed by atoms with van der Waals surface area (Å²) < 4.78 is 0. The number of carbonyl (C=O) groups excluding carboxylic acids is 1. The summed E-state index contributed by atoms with van der Waals surface area (Å²) in [6, 6.07) is 25.9. The van der Waals surface area contributed by atoms with Crippen molar-refractivity contribution in [2.45, 2.75) is 42.9 Å². The van der Waals surface area contributed by atoms with Crippen molar-refractivity contribution >= 4 is 17.7 Å². The topological polar surface area (TPSA) is 49.3 Å². The van der Waals surface area contributed by atoms with E-state index in [0.29, 0.717) is 18.2 Å². The quantitative estimate of drug-likeness (QED) is 0.458. The van der Waals surface area contributed by atoms with Crippen molar-refractivity contribution in [1.29, 1.82) is 0 Å². The Morgan fingerprint density at radius 2 is 1.59 bits per heavy atom. The van der Waals surface area contributed by atoms with Crippen molar-refractivity contribution in [2.24, 2.45) is 0 Å². The number of carbonyl (C=O) groups is 1. The third-order valence-corrected chi connectivity index (χ3v) is 5.97. The number of phenols is 1. The third kappa shape index (κ3) is 6.99. The molecular formula is C25H27NO2S. The summed E-state index contributed by atoms with van der Waals surface area (Å²) in [6.07, 6.45) is 2.18. The second-order valence-electron chi connectivity index (χ2n) is 7.17. The lowest BCUT2D eigenvalue weighted by Crippen LogP contribution is -2.23. The summed E-state index contributed by atoms with van der Waals surface area (Å²) in [5.41, 5.74) is 3.68. The molecule has 3 aromatic carbocycles. The fourth-order valence-corrected chi connectivity index (χ4v) is 4.14. The number of thioether (sulfide) groups is 1. The van der Waals surface area contributed by atoms with Gasteiger partial charge in [-0.3, -0.25) is 4.79 Å². The highest BCUT2D eigenvalue weighted by molar-refractivity contribution is 7.99. The molecule has 0 saturated heterocycles. The van der Waals surface area contributed by atoms with Crippen LogP contribution >= 0.6 is 11.8 Å². The fraction of sp³-hybridized carbons (Fsp3) is 0.240. The largest absolute Gasteiger partial charge is 0.508 e. The molecule has 3 nitrogen and oxygen atoms in total. The summed E-state index contributed by atoms with van der Waals surface area (Å²) in [4.78, 5) is 13.4. The van der Waals surface area contributed by atoms with Crippen LogP contribution in [-0.4, -0.2) is 16.3 Å². The molecule has 0 heterocycles. The van der Waals surface area contributed by atoms with Crippen LogP contribution in [0.4, 0.5) is 0 Å². The molecule has 4 heteroatoms. The molecule has 150 valence electrons. The van der Waals surface area contributed by atoms with Gasteiger partial charge in [0.2, 0.25) is 5.91 Å². The maximum atomic E-state index is 12.3. The number of phenolic OH excluding ortho intramolecular Hbond substituents is 1. The van der Waals surface area contributed by atoms with Crippen molar-refractivity contribution in [1.82, 2.24) is 5.32 Å². The van der Waals surface area contributed by atoms with Crippen LogP contribution in [0.25, 0.3) is 0 Å². The third-order valence-electron chi connectivity index (χ3n) is 4.78. The van der Waals surface area contributed by atoms with Crippen molar-refractivity contribution < 1.29 is 9.90 Å². The number of hydrogen-bond acceptors (Lipinski definition) is 3. The minimum atomic E-state index is 0.0812. The summed E-state index contributed by atoms with van der Waals surface area (Å²) in [6.45, 7) is 2.68. The van der Waals surface area contributed by atoms with Crippen LogP contribution in [0.1, 0.15) is 36.5 Å². The van der Waals surface area contributed by atoms with Gasteiger partial charge in [-0.05, 0) is 53.8 Å². The van der Waals surface area contributed by atoms with Gasteiger partial charge in [0.15, 0.2) is 0 Å². The van der Waals surface area contributed by atoms with Crippen LogP contribution in [-0.2, 0) is 17.8 Å². The van der Waals surface area contributed by atoms with Crippen LogP contribution in [0.15, 0.2) is 83.8 Å². The molecule has 0 aromatic heterocycles. The Bertz CT molecular complexity index is 910. The zero-order valence-corrected chi connectivity index (χ0v) is 17.5. The molecule has 3 aromatic rings. The molecule has 2 N–H and O–H groups in total. The lowest BCUT2D eigenvalue weighted by atomic mass is 10.00. The Morgan fingerprint density at radius 3 is 2.31 bits per heavy atom. The molecule has 0 aliphatic heterocycles. The first-order valence-corrected chi connectivity index (χ1v) is 10.8. The molecule has 0 aliphatic rings. The predicted octanol–water partition coefficient (Wildman–Crippen LogP) is 5.56. The molecule has 0 spiro atoms. The van der Waals surface area contributed by atoms with Crippen LogP contribution in [0.5, 0.6) is 5.75 Å². The van der Waals surface area contributed by atoms with E-state index in [-0.39, 0.29) is 11.7 Å². The van der Waals surface area contributed by atoms with Gasteiger partial charge in [0.25, 0.3) is 0 Å². The Hall–Kier alpha value is -2.72. The fourth-order valence-electron chi connectivity index (χ4n) is 3.15. The zero-order valence-electron chi connectivity index (χ0n) is 16.7. The van der Waals surface area contributed by atoms with Gasteiger partial charge in [0.05, 0.1) is 0 Å². The van der Waals surface area contributed by atoms with E-state index in [0.717, 1.165) is 23.3 Å². The number of nitrogens with one attached hydrogen (secondary N) is 1. The number of rotatable bonds is 9. The predicted molar refractivity (Wildman–Crippen MR) is 120 cm³/mol. The second-order valence-corrected chi connectivity index (χ2v) is 8.68. The molecule has 0 aliphatic carbocycles. The lowest BCUT2D eigenvalue weighted by Gasteiger charge is -2.13. The molecule has 0 fully saturated rings.